The summed E-state index contributed by atoms with van der Waals surface area (Å²) in [7, 11) is 0. The minimum absolute atomic E-state index is 0.872. The number of halogens is 2. The number of hydrogen-bond acceptors (Lipinski definition) is 0. The van der Waals surface area contributed by atoms with Crippen molar-refractivity contribution < 1.29 is 0 Å². The second kappa shape index (κ2) is 4.13. The molecule has 0 fully saturated rings. The summed E-state index contributed by atoms with van der Waals surface area (Å²) in [5.74, 6) is 0. The molecule has 0 saturated heterocycles. The molecule has 11 heavy (non-hydrogen) atoms. The lowest BCUT2D eigenvalue weighted by Crippen LogP contribution is -1.84. The van der Waals surface area contributed by atoms with Crippen molar-refractivity contribution in [1.82, 2.24) is 0 Å². The topological polar surface area (TPSA) is 0 Å². The fraction of sp³-hybridized carbons (Fsp3) is 0.333. The summed E-state index contributed by atoms with van der Waals surface area (Å²) in [4.78, 5) is 0. The normalized spacial score (nSPS) is 10.1. The molecule has 0 amide bonds. The standard InChI is InChI=1S/C9H10BrCl/c1-2-8-5-7(6-10)3-4-9(8)11/h3-5H,2,6H2,1H3. The Kier molecular flexibility index (Phi) is 3.41. The van der Waals surface area contributed by atoms with Gasteiger partial charge >= 0.3 is 0 Å². The summed E-state index contributed by atoms with van der Waals surface area (Å²) in [6, 6.07) is 6.13. The fourth-order valence-electron chi connectivity index (χ4n) is 0.982. The fourth-order valence-corrected chi connectivity index (χ4v) is 1.58. The molecule has 0 atom stereocenters. The number of alkyl halides is 1. The van der Waals surface area contributed by atoms with Gasteiger partial charge in [-0.15, -0.1) is 0 Å². The van der Waals surface area contributed by atoms with Gasteiger partial charge in [0.05, 0.1) is 0 Å². The summed E-state index contributed by atoms with van der Waals surface area (Å²) >= 11 is 9.34. The monoisotopic (exact) mass is 232 g/mol. The Labute approximate surface area is 80.7 Å². The van der Waals surface area contributed by atoms with E-state index in [1.54, 1.807) is 0 Å². The van der Waals surface area contributed by atoms with Crippen molar-refractivity contribution >= 4 is 27.5 Å². The molecule has 2 heteroatoms. The third-order valence-electron chi connectivity index (χ3n) is 1.65. The molecule has 0 nitrogen and oxygen atoms in total. The molecule has 0 aliphatic heterocycles. The Morgan fingerprint density at radius 1 is 1.45 bits per heavy atom. The van der Waals surface area contributed by atoms with Crippen molar-refractivity contribution in [3.05, 3.63) is 34.3 Å². The zero-order chi connectivity index (χ0) is 8.27. The molecule has 0 radical (unpaired) electrons. The highest BCUT2D eigenvalue weighted by atomic mass is 79.9. The predicted octanol–water partition coefficient (Wildman–Crippen LogP) is 3.80. The Morgan fingerprint density at radius 3 is 2.73 bits per heavy atom. The van der Waals surface area contributed by atoms with Gasteiger partial charge in [-0.25, -0.2) is 0 Å². The van der Waals surface area contributed by atoms with E-state index in [-0.39, 0.29) is 0 Å². The summed E-state index contributed by atoms with van der Waals surface area (Å²) in [5, 5.41) is 1.77. The molecular weight excluding hydrogens is 223 g/mol. The van der Waals surface area contributed by atoms with Crippen molar-refractivity contribution in [2.24, 2.45) is 0 Å². The highest BCUT2D eigenvalue weighted by Crippen LogP contribution is 2.19. The van der Waals surface area contributed by atoms with Gasteiger partial charge < -0.3 is 0 Å². The van der Waals surface area contributed by atoms with Gasteiger partial charge in [0.25, 0.3) is 0 Å². The van der Waals surface area contributed by atoms with E-state index < -0.39 is 0 Å². The summed E-state index contributed by atoms with van der Waals surface area (Å²) in [6.45, 7) is 2.11. The maximum Gasteiger partial charge on any atom is 0.0438 e. The average Bonchev–Trinajstić information content (AvgIpc) is 2.05. The maximum absolute atomic E-state index is 5.94. The van der Waals surface area contributed by atoms with Gasteiger partial charge in [-0.2, -0.15) is 0 Å². The van der Waals surface area contributed by atoms with Crippen LogP contribution in [-0.4, -0.2) is 0 Å². The lowest BCUT2D eigenvalue weighted by molar-refractivity contribution is 1.13. The molecule has 0 aliphatic carbocycles. The largest absolute Gasteiger partial charge is 0.0876 e. The van der Waals surface area contributed by atoms with Crippen LogP contribution in [0.15, 0.2) is 18.2 Å². The molecule has 0 aromatic heterocycles. The smallest absolute Gasteiger partial charge is 0.0438 e. The van der Waals surface area contributed by atoms with E-state index in [9.17, 15) is 0 Å². The lowest BCUT2D eigenvalue weighted by atomic mass is 10.1. The van der Waals surface area contributed by atoms with Crippen LogP contribution in [0.3, 0.4) is 0 Å². The molecule has 0 unspecified atom stereocenters. The molecule has 1 aromatic carbocycles. The number of hydrogen-bond donors (Lipinski definition) is 0. The van der Waals surface area contributed by atoms with Gasteiger partial charge in [0.15, 0.2) is 0 Å². The first-order valence-corrected chi connectivity index (χ1v) is 5.11. The van der Waals surface area contributed by atoms with Crippen molar-refractivity contribution in [3.63, 3.8) is 0 Å². The van der Waals surface area contributed by atoms with Crippen LogP contribution in [0.1, 0.15) is 18.1 Å². The van der Waals surface area contributed by atoms with Crippen LogP contribution < -0.4 is 0 Å². The lowest BCUT2D eigenvalue weighted by Gasteiger charge is -2.02. The third kappa shape index (κ3) is 2.21. The van der Waals surface area contributed by atoms with Crippen LogP contribution >= 0.6 is 27.5 Å². The number of benzene rings is 1. The van der Waals surface area contributed by atoms with Gasteiger partial charge in [-0.05, 0) is 23.6 Å². The van der Waals surface area contributed by atoms with Crippen molar-refractivity contribution in [3.8, 4) is 0 Å². The van der Waals surface area contributed by atoms with E-state index in [2.05, 4.69) is 28.9 Å². The molecule has 0 aliphatic rings. The quantitative estimate of drug-likeness (QED) is 0.682. The third-order valence-corrected chi connectivity index (χ3v) is 2.66. The van der Waals surface area contributed by atoms with Crippen LogP contribution in [0.2, 0.25) is 5.02 Å². The van der Waals surface area contributed by atoms with E-state index in [1.807, 2.05) is 12.1 Å². The number of rotatable bonds is 2. The Hall–Kier alpha value is -0.0100. The molecular formula is C9H10BrCl. The second-order valence-corrected chi connectivity index (χ2v) is 3.38. The van der Waals surface area contributed by atoms with Gasteiger partial charge in [0, 0.05) is 10.4 Å². The Bertz CT molecular complexity index is 245. The predicted molar refractivity (Wildman–Crippen MR) is 53.5 cm³/mol. The molecule has 0 bridgehead atoms. The van der Waals surface area contributed by atoms with Crippen molar-refractivity contribution in [1.29, 1.82) is 0 Å². The minimum Gasteiger partial charge on any atom is -0.0876 e. The van der Waals surface area contributed by atoms with Crippen LogP contribution in [0.5, 0.6) is 0 Å². The molecule has 1 rings (SSSR count). The Morgan fingerprint density at radius 2 is 2.18 bits per heavy atom. The van der Waals surface area contributed by atoms with Crippen LogP contribution in [-0.2, 0) is 11.8 Å². The van der Waals surface area contributed by atoms with Gasteiger partial charge in [-0.1, -0.05) is 46.6 Å². The SMILES string of the molecule is CCc1cc(CBr)ccc1Cl. The molecule has 0 heterocycles. The van der Waals surface area contributed by atoms with E-state index >= 15 is 0 Å². The van der Waals surface area contributed by atoms with E-state index in [1.165, 1.54) is 11.1 Å². The summed E-state index contributed by atoms with van der Waals surface area (Å²) in [6.07, 6.45) is 1.000. The van der Waals surface area contributed by atoms with Crippen LogP contribution in [0.25, 0.3) is 0 Å². The van der Waals surface area contributed by atoms with Crippen LogP contribution in [0.4, 0.5) is 0 Å². The molecule has 0 N–H and O–H groups in total. The highest BCUT2D eigenvalue weighted by Gasteiger charge is 1.98. The van der Waals surface area contributed by atoms with Crippen molar-refractivity contribution in [2.45, 2.75) is 18.7 Å². The molecule has 0 spiro atoms. The maximum atomic E-state index is 5.94. The summed E-state index contributed by atoms with van der Waals surface area (Å²) < 4.78 is 0. The first kappa shape index (κ1) is 9.08. The van der Waals surface area contributed by atoms with E-state index in [4.69, 9.17) is 11.6 Å². The average molecular weight is 234 g/mol. The molecule has 1 aromatic rings. The molecule has 60 valence electrons. The first-order chi connectivity index (χ1) is 5.27. The Balaban J connectivity index is 3.02. The number of aryl methyl sites for hydroxylation is 1. The van der Waals surface area contributed by atoms with E-state index in [0.29, 0.717) is 0 Å². The first-order valence-electron chi connectivity index (χ1n) is 3.61. The summed E-state index contributed by atoms with van der Waals surface area (Å²) in [5.41, 5.74) is 2.51. The van der Waals surface area contributed by atoms with Gasteiger partial charge in [0.1, 0.15) is 0 Å². The van der Waals surface area contributed by atoms with E-state index in [0.717, 1.165) is 16.8 Å². The van der Waals surface area contributed by atoms with Gasteiger partial charge in [0.2, 0.25) is 0 Å². The minimum atomic E-state index is 0.872. The second-order valence-electron chi connectivity index (χ2n) is 2.41. The van der Waals surface area contributed by atoms with Crippen molar-refractivity contribution in [2.75, 3.05) is 0 Å². The zero-order valence-electron chi connectivity index (χ0n) is 6.40. The van der Waals surface area contributed by atoms with Gasteiger partial charge in [-0.3, -0.25) is 0 Å². The molecule has 0 saturated carbocycles. The van der Waals surface area contributed by atoms with Crippen LogP contribution in [0, 0.1) is 0 Å². The zero-order valence-corrected chi connectivity index (χ0v) is 8.74. The highest BCUT2D eigenvalue weighted by molar-refractivity contribution is 9.08.